The van der Waals surface area contributed by atoms with E-state index in [2.05, 4.69) is 29.0 Å². The molecule has 0 N–H and O–H groups in total. The Morgan fingerprint density at radius 1 is 1.31 bits per heavy atom. The number of nitrogens with zero attached hydrogens (tertiary/aromatic N) is 1. The van der Waals surface area contributed by atoms with Crippen LogP contribution < -0.4 is 0 Å². The topological polar surface area (TPSA) is 30.8 Å². The standard InChI is InChI=1S/C13H19NO2/c1-3-7-13(10-14-15-2)16-11-12-8-5-4-6-9-12/h4-6,8-10,13H,3,7,11H2,1-2H3. The minimum absolute atomic E-state index is 0.0326. The molecule has 3 nitrogen and oxygen atoms in total. The first-order chi connectivity index (χ1) is 7.86. The van der Waals surface area contributed by atoms with Crippen LogP contribution in [-0.4, -0.2) is 19.4 Å². The van der Waals surface area contributed by atoms with Gasteiger partial charge in [-0.25, -0.2) is 0 Å². The molecule has 0 saturated carbocycles. The zero-order valence-electron chi connectivity index (χ0n) is 9.93. The van der Waals surface area contributed by atoms with Crippen LogP contribution in [-0.2, 0) is 16.2 Å². The van der Waals surface area contributed by atoms with Crippen LogP contribution in [0, 0.1) is 0 Å². The maximum atomic E-state index is 5.74. The number of oxime groups is 1. The van der Waals surface area contributed by atoms with E-state index in [4.69, 9.17) is 4.74 Å². The molecule has 0 aliphatic heterocycles. The molecule has 88 valence electrons. The zero-order chi connectivity index (χ0) is 11.6. The molecule has 0 amide bonds. The largest absolute Gasteiger partial charge is 0.399 e. The van der Waals surface area contributed by atoms with Crippen LogP contribution in [0.3, 0.4) is 0 Å². The van der Waals surface area contributed by atoms with Crippen molar-refractivity contribution in [3.63, 3.8) is 0 Å². The van der Waals surface area contributed by atoms with Gasteiger partial charge in [-0.2, -0.15) is 0 Å². The normalized spacial score (nSPS) is 12.9. The van der Waals surface area contributed by atoms with Crippen molar-refractivity contribution in [2.24, 2.45) is 5.16 Å². The molecular formula is C13H19NO2. The van der Waals surface area contributed by atoms with Crippen molar-refractivity contribution in [2.75, 3.05) is 7.11 Å². The maximum Gasteiger partial charge on any atom is 0.106 e. The summed E-state index contributed by atoms with van der Waals surface area (Å²) in [4.78, 5) is 4.66. The molecule has 0 aromatic heterocycles. The fraction of sp³-hybridized carbons (Fsp3) is 0.462. The van der Waals surface area contributed by atoms with E-state index in [9.17, 15) is 0 Å². The highest BCUT2D eigenvalue weighted by atomic mass is 16.6. The van der Waals surface area contributed by atoms with Gasteiger partial charge in [-0.15, -0.1) is 0 Å². The molecule has 1 unspecified atom stereocenters. The van der Waals surface area contributed by atoms with Gasteiger partial charge in [0.25, 0.3) is 0 Å². The van der Waals surface area contributed by atoms with Gasteiger partial charge in [-0.1, -0.05) is 48.8 Å². The van der Waals surface area contributed by atoms with E-state index in [0.29, 0.717) is 6.61 Å². The molecule has 3 heteroatoms. The highest BCUT2D eigenvalue weighted by Gasteiger charge is 2.05. The lowest BCUT2D eigenvalue weighted by molar-refractivity contribution is 0.0782. The minimum atomic E-state index is 0.0326. The van der Waals surface area contributed by atoms with Gasteiger partial charge >= 0.3 is 0 Å². The molecule has 1 atom stereocenters. The Morgan fingerprint density at radius 3 is 2.69 bits per heavy atom. The van der Waals surface area contributed by atoms with Crippen molar-refractivity contribution >= 4 is 6.21 Å². The quantitative estimate of drug-likeness (QED) is 0.523. The third-order valence-electron chi connectivity index (χ3n) is 2.21. The summed E-state index contributed by atoms with van der Waals surface area (Å²) in [5, 5.41) is 3.75. The minimum Gasteiger partial charge on any atom is -0.399 e. The first kappa shape index (κ1) is 12.7. The summed E-state index contributed by atoms with van der Waals surface area (Å²) in [6.45, 7) is 2.74. The second-order valence-corrected chi connectivity index (χ2v) is 3.56. The second kappa shape index (κ2) is 7.88. The molecule has 0 spiro atoms. The van der Waals surface area contributed by atoms with Crippen LogP contribution >= 0.6 is 0 Å². The smallest absolute Gasteiger partial charge is 0.106 e. The van der Waals surface area contributed by atoms with Gasteiger partial charge in [-0.3, -0.25) is 0 Å². The van der Waals surface area contributed by atoms with Gasteiger partial charge < -0.3 is 9.57 Å². The van der Waals surface area contributed by atoms with Gasteiger partial charge in [0, 0.05) is 0 Å². The Hall–Kier alpha value is -1.35. The molecule has 0 radical (unpaired) electrons. The predicted molar refractivity (Wildman–Crippen MR) is 65.4 cm³/mol. The number of benzene rings is 1. The Kier molecular flexibility index (Phi) is 6.26. The van der Waals surface area contributed by atoms with E-state index in [1.807, 2.05) is 18.2 Å². The van der Waals surface area contributed by atoms with E-state index >= 15 is 0 Å². The molecule has 1 rings (SSSR count). The fourth-order valence-corrected chi connectivity index (χ4v) is 1.39. The highest BCUT2D eigenvalue weighted by Crippen LogP contribution is 2.06. The van der Waals surface area contributed by atoms with Gasteiger partial charge in [0.05, 0.1) is 18.9 Å². The average Bonchev–Trinajstić information content (AvgIpc) is 2.34. The van der Waals surface area contributed by atoms with Gasteiger partial charge in [0.15, 0.2) is 0 Å². The average molecular weight is 221 g/mol. The lowest BCUT2D eigenvalue weighted by Gasteiger charge is -2.12. The van der Waals surface area contributed by atoms with Crippen molar-refractivity contribution in [1.82, 2.24) is 0 Å². The number of hydrogen-bond donors (Lipinski definition) is 0. The van der Waals surface area contributed by atoms with E-state index in [-0.39, 0.29) is 6.10 Å². The third kappa shape index (κ3) is 4.94. The van der Waals surface area contributed by atoms with Crippen LogP contribution in [0.25, 0.3) is 0 Å². The summed E-state index contributed by atoms with van der Waals surface area (Å²) >= 11 is 0. The van der Waals surface area contributed by atoms with Gasteiger partial charge in [0.2, 0.25) is 0 Å². The van der Waals surface area contributed by atoms with Crippen LogP contribution in [0.5, 0.6) is 0 Å². The van der Waals surface area contributed by atoms with Crippen molar-refractivity contribution in [1.29, 1.82) is 0 Å². The first-order valence-electron chi connectivity index (χ1n) is 5.59. The molecule has 1 aromatic rings. The van der Waals surface area contributed by atoms with Crippen LogP contribution in [0.4, 0.5) is 0 Å². The molecule has 16 heavy (non-hydrogen) atoms. The van der Waals surface area contributed by atoms with Crippen LogP contribution in [0.1, 0.15) is 25.3 Å². The third-order valence-corrected chi connectivity index (χ3v) is 2.21. The molecule has 0 aliphatic carbocycles. The van der Waals surface area contributed by atoms with Gasteiger partial charge in [-0.05, 0) is 12.0 Å². The summed E-state index contributed by atoms with van der Waals surface area (Å²) in [7, 11) is 1.54. The Labute approximate surface area is 97.1 Å². The van der Waals surface area contributed by atoms with Crippen molar-refractivity contribution in [3.8, 4) is 0 Å². The molecule has 0 saturated heterocycles. The lowest BCUT2D eigenvalue weighted by atomic mass is 10.2. The van der Waals surface area contributed by atoms with E-state index in [0.717, 1.165) is 12.8 Å². The molecule has 0 aliphatic rings. The Balaban J connectivity index is 2.40. The van der Waals surface area contributed by atoms with E-state index in [1.165, 1.54) is 12.7 Å². The first-order valence-corrected chi connectivity index (χ1v) is 5.59. The van der Waals surface area contributed by atoms with E-state index < -0.39 is 0 Å². The summed E-state index contributed by atoms with van der Waals surface area (Å²) in [5.74, 6) is 0. The Bertz CT molecular complexity index is 298. The Morgan fingerprint density at radius 2 is 2.06 bits per heavy atom. The van der Waals surface area contributed by atoms with Crippen LogP contribution in [0.2, 0.25) is 0 Å². The van der Waals surface area contributed by atoms with Crippen molar-refractivity contribution < 1.29 is 9.57 Å². The number of hydrogen-bond acceptors (Lipinski definition) is 3. The molecular weight excluding hydrogens is 202 g/mol. The highest BCUT2D eigenvalue weighted by molar-refractivity contribution is 5.62. The zero-order valence-corrected chi connectivity index (χ0v) is 9.93. The lowest BCUT2D eigenvalue weighted by Crippen LogP contribution is -2.14. The SMILES string of the molecule is CCCC(C=NOC)OCc1ccccc1. The summed E-state index contributed by atoms with van der Waals surface area (Å²) < 4.78 is 5.74. The number of rotatable bonds is 7. The second-order valence-electron chi connectivity index (χ2n) is 3.56. The summed E-state index contributed by atoms with van der Waals surface area (Å²) in [6.07, 6.45) is 3.77. The monoisotopic (exact) mass is 221 g/mol. The maximum absolute atomic E-state index is 5.74. The van der Waals surface area contributed by atoms with Gasteiger partial charge in [0.1, 0.15) is 7.11 Å². The van der Waals surface area contributed by atoms with Crippen molar-refractivity contribution in [3.05, 3.63) is 35.9 Å². The predicted octanol–water partition coefficient (Wildman–Crippen LogP) is 3.00. The molecule has 0 heterocycles. The van der Waals surface area contributed by atoms with Crippen LogP contribution in [0.15, 0.2) is 35.5 Å². The summed E-state index contributed by atoms with van der Waals surface area (Å²) in [5.41, 5.74) is 1.18. The van der Waals surface area contributed by atoms with E-state index in [1.54, 1.807) is 6.21 Å². The molecule has 1 aromatic carbocycles. The summed E-state index contributed by atoms with van der Waals surface area (Å²) in [6, 6.07) is 10.1. The number of ether oxygens (including phenoxy) is 1. The van der Waals surface area contributed by atoms with Crippen molar-refractivity contribution in [2.45, 2.75) is 32.5 Å². The molecule has 0 fully saturated rings. The molecule has 0 bridgehead atoms. The fourth-order valence-electron chi connectivity index (χ4n) is 1.39.